The van der Waals surface area contributed by atoms with Crippen LogP contribution >= 0.6 is 24.0 Å². The molecule has 4 rings (SSSR count). The zero-order valence-electron chi connectivity index (χ0n) is 15.9. The average Bonchev–Trinajstić information content (AvgIpc) is 3.36. The second kappa shape index (κ2) is 8.23. The number of fused-ring (bicyclic) bond motifs is 1. The molecule has 3 heterocycles. The Morgan fingerprint density at radius 3 is 3.11 bits per heavy atom. The zero-order valence-corrected chi connectivity index (χ0v) is 17.6. The van der Waals surface area contributed by atoms with Crippen LogP contribution in [-0.4, -0.2) is 43.2 Å². The summed E-state index contributed by atoms with van der Waals surface area (Å²) >= 11 is 6.60. The Balaban J connectivity index is 1.47. The minimum absolute atomic E-state index is 0.0306. The third-order valence-electron chi connectivity index (χ3n) is 5.41. The fraction of sp³-hybridized carbons (Fsp3) is 0.450. The van der Waals surface area contributed by atoms with Gasteiger partial charge in [-0.1, -0.05) is 0 Å². The van der Waals surface area contributed by atoms with Gasteiger partial charge in [-0.15, -0.1) is 11.3 Å². The van der Waals surface area contributed by atoms with E-state index in [9.17, 15) is 4.79 Å². The third-order valence-corrected chi connectivity index (χ3v) is 6.76. The number of amides is 1. The van der Waals surface area contributed by atoms with Gasteiger partial charge in [-0.3, -0.25) is 15.1 Å². The van der Waals surface area contributed by atoms with E-state index in [4.69, 9.17) is 12.6 Å². The number of hydrogen-bond donors (Lipinski definition) is 3. The van der Waals surface area contributed by atoms with Crippen LogP contribution in [0.2, 0.25) is 0 Å². The highest BCUT2D eigenvalue weighted by atomic mass is 32.1. The molecule has 28 heavy (non-hydrogen) atoms. The van der Waals surface area contributed by atoms with Crippen LogP contribution in [0.15, 0.2) is 36.0 Å². The Kier molecular flexibility index (Phi) is 5.70. The fourth-order valence-electron chi connectivity index (χ4n) is 4.02. The van der Waals surface area contributed by atoms with E-state index < -0.39 is 0 Å². The molecule has 3 aromatic heterocycles. The Bertz CT molecular complexity index is 908. The van der Waals surface area contributed by atoms with E-state index in [0.29, 0.717) is 18.8 Å². The largest absolute Gasteiger partial charge is 0.349 e. The van der Waals surface area contributed by atoms with Crippen molar-refractivity contribution in [3.63, 3.8) is 0 Å². The van der Waals surface area contributed by atoms with Crippen LogP contribution in [0.5, 0.6) is 0 Å². The quantitative estimate of drug-likeness (QED) is 0.422. The van der Waals surface area contributed by atoms with E-state index >= 15 is 0 Å². The van der Waals surface area contributed by atoms with Crippen molar-refractivity contribution in [1.29, 1.82) is 0 Å². The lowest BCUT2D eigenvalue weighted by atomic mass is 9.89. The summed E-state index contributed by atoms with van der Waals surface area (Å²) in [6, 6.07) is 5.82. The number of aromatic nitrogens is 3. The number of pyridine rings is 1. The number of carbonyl (C=O) groups is 1. The van der Waals surface area contributed by atoms with Crippen molar-refractivity contribution < 1.29 is 4.79 Å². The molecule has 1 aliphatic rings. The minimum Gasteiger partial charge on any atom is -0.349 e. The Morgan fingerprint density at radius 2 is 2.36 bits per heavy atom. The summed E-state index contributed by atoms with van der Waals surface area (Å²) in [5.41, 5.74) is 2.31. The maximum Gasteiger partial charge on any atom is 0.270 e. The number of aromatic amines is 1. The van der Waals surface area contributed by atoms with Crippen LogP contribution < -0.4 is 5.32 Å². The number of thiazole rings is 1. The maximum atomic E-state index is 13.2. The Hall–Kier alpha value is -1.90. The molecule has 1 aliphatic carbocycles. The van der Waals surface area contributed by atoms with Crippen molar-refractivity contribution in [2.24, 2.45) is 0 Å². The molecule has 3 aromatic rings. The normalized spacial score (nSPS) is 22.4. The number of hydrogen-bond acceptors (Lipinski definition) is 6. The summed E-state index contributed by atoms with van der Waals surface area (Å²) in [5, 5.41) is 6.61. The van der Waals surface area contributed by atoms with Gasteiger partial charge < -0.3 is 9.88 Å². The van der Waals surface area contributed by atoms with Gasteiger partial charge in [-0.2, -0.15) is 12.6 Å². The molecule has 0 aromatic carbocycles. The summed E-state index contributed by atoms with van der Waals surface area (Å²) in [7, 11) is 0. The van der Waals surface area contributed by atoms with Crippen molar-refractivity contribution in [2.75, 3.05) is 6.54 Å². The van der Waals surface area contributed by atoms with Crippen molar-refractivity contribution >= 4 is 40.9 Å². The van der Waals surface area contributed by atoms with E-state index in [1.165, 1.54) is 0 Å². The fourth-order valence-corrected chi connectivity index (χ4v) is 5.03. The molecule has 1 fully saturated rings. The summed E-state index contributed by atoms with van der Waals surface area (Å²) < 4.78 is 0. The van der Waals surface area contributed by atoms with Crippen molar-refractivity contribution in [2.45, 2.75) is 50.1 Å². The van der Waals surface area contributed by atoms with Crippen molar-refractivity contribution in [3.05, 3.63) is 46.7 Å². The number of rotatable bonds is 6. The number of thiol groups is 1. The lowest BCUT2D eigenvalue weighted by Crippen LogP contribution is -2.51. The van der Waals surface area contributed by atoms with E-state index in [0.717, 1.165) is 41.7 Å². The van der Waals surface area contributed by atoms with Crippen LogP contribution in [0.1, 0.15) is 48.1 Å². The van der Waals surface area contributed by atoms with Gasteiger partial charge in [0.2, 0.25) is 0 Å². The lowest BCUT2D eigenvalue weighted by molar-refractivity contribution is 0.0612. The van der Waals surface area contributed by atoms with Crippen LogP contribution in [0, 0.1) is 0 Å². The number of nitrogens with zero attached hydrogens (tertiary/aromatic N) is 3. The van der Waals surface area contributed by atoms with Crippen LogP contribution in [0.25, 0.3) is 11.0 Å². The molecule has 0 saturated heterocycles. The highest BCUT2D eigenvalue weighted by Crippen LogP contribution is 2.35. The first-order valence-electron chi connectivity index (χ1n) is 9.68. The van der Waals surface area contributed by atoms with Gasteiger partial charge in [-0.05, 0) is 50.8 Å². The molecule has 148 valence electrons. The molecule has 0 aliphatic heterocycles. The van der Waals surface area contributed by atoms with Crippen LogP contribution in [0.3, 0.4) is 0 Å². The van der Waals surface area contributed by atoms with E-state index in [2.05, 4.69) is 20.3 Å². The smallest absolute Gasteiger partial charge is 0.270 e. The highest BCUT2D eigenvalue weighted by molar-refractivity contribution is 7.81. The van der Waals surface area contributed by atoms with Gasteiger partial charge in [0.1, 0.15) is 10.7 Å². The molecule has 2 atom stereocenters. The predicted molar refractivity (Wildman–Crippen MR) is 116 cm³/mol. The molecule has 1 amide bonds. The molecular weight excluding hydrogens is 390 g/mol. The molecule has 2 N–H and O–H groups in total. The molecule has 0 spiro atoms. The monoisotopic (exact) mass is 415 g/mol. The van der Waals surface area contributed by atoms with Crippen LogP contribution in [0.4, 0.5) is 0 Å². The summed E-state index contributed by atoms with van der Waals surface area (Å²) in [5.74, 6) is 0.0306. The second-order valence-corrected chi connectivity index (χ2v) is 9.11. The molecule has 1 saturated carbocycles. The molecule has 6 nitrogen and oxygen atoms in total. The van der Waals surface area contributed by atoms with E-state index in [1.807, 2.05) is 41.6 Å². The number of nitrogens with one attached hydrogen (secondary N) is 2. The van der Waals surface area contributed by atoms with E-state index in [-0.39, 0.29) is 16.8 Å². The predicted octanol–water partition coefficient (Wildman–Crippen LogP) is 3.84. The topological polar surface area (TPSA) is 73.9 Å². The molecule has 1 unspecified atom stereocenters. The van der Waals surface area contributed by atoms with Crippen molar-refractivity contribution in [3.8, 4) is 0 Å². The average molecular weight is 416 g/mol. The molecule has 0 radical (unpaired) electrons. The first kappa shape index (κ1) is 19.4. The molecule has 8 heteroatoms. The first-order chi connectivity index (χ1) is 13.6. The van der Waals surface area contributed by atoms with Gasteiger partial charge in [0.15, 0.2) is 0 Å². The summed E-state index contributed by atoms with van der Waals surface area (Å²) in [6.45, 7) is 3.42. The number of H-pyrrole nitrogens is 1. The molecule has 0 bridgehead atoms. The third kappa shape index (κ3) is 4.09. The van der Waals surface area contributed by atoms with Gasteiger partial charge in [-0.25, -0.2) is 4.98 Å². The first-order valence-corrected chi connectivity index (χ1v) is 11.0. The van der Waals surface area contributed by atoms with Gasteiger partial charge in [0.25, 0.3) is 5.91 Å². The molecular formula is C20H25N5OS2. The Labute approximate surface area is 174 Å². The number of carbonyl (C=O) groups excluding carboxylic acids is 1. The van der Waals surface area contributed by atoms with Gasteiger partial charge in [0, 0.05) is 36.9 Å². The SMILES string of the molecule is CCN(C(=O)c1cc2ncccc2[nH]1)[C@H]1CCCC(S)(NCc2nccs2)C1. The summed E-state index contributed by atoms with van der Waals surface area (Å²) in [6.07, 6.45) is 7.41. The van der Waals surface area contributed by atoms with Crippen LogP contribution in [-0.2, 0) is 6.54 Å². The van der Waals surface area contributed by atoms with Crippen molar-refractivity contribution in [1.82, 2.24) is 25.2 Å². The minimum atomic E-state index is -0.287. The lowest BCUT2D eigenvalue weighted by Gasteiger charge is -2.42. The summed E-state index contributed by atoms with van der Waals surface area (Å²) in [4.78, 5) is 26.8. The van der Waals surface area contributed by atoms with Gasteiger partial charge >= 0.3 is 0 Å². The zero-order chi connectivity index (χ0) is 19.6. The second-order valence-electron chi connectivity index (χ2n) is 7.27. The standard InChI is InChI=1S/C20H25N5OS2/c1-2-25(19(26)17-11-16-15(24-17)6-4-8-21-16)14-5-3-7-20(27,12-14)23-13-18-22-9-10-28-18/h4,6,8-11,14,23-24,27H,2-3,5,7,12-13H2,1H3/t14-,20?/m0/s1. The van der Waals surface area contributed by atoms with E-state index in [1.54, 1.807) is 17.5 Å². The maximum absolute atomic E-state index is 13.2. The highest BCUT2D eigenvalue weighted by Gasteiger charge is 2.37. The Morgan fingerprint density at radius 1 is 1.46 bits per heavy atom. The van der Waals surface area contributed by atoms with Gasteiger partial charge in [0.05, 0.1) is 15.9 Å².